The molecule has 0 spiro atoms. The van der Waals surface area contributed by atoms with Crippen LogP contribution in [0.3, 0.4) is 0 Å². The predicted molar refractivity (Wildman–Crippen MR) is 63.6 cm³/mol. The number of nitrogens with zero attached hydrogens (tertiary/aromatic N) is 1. The topological polar surface area (TPSA) is 66.6 Å². The van der Waals surface area contributed by atoms with E-state index in [0.29, 0.717) is 6.42 Å². The van der Waals surface area contributed by atoms with Gasteiger partial charge in [-0.15, -0.1) is 11.6 Å². The number of piperidine rings is 1. The smallest absolute Gasteiger partial charge is 0.152 e. The Kier molecular flexibility index (Phi) is 3.70. The zero-order valence-electron chi connectivity index (χ0n) is 10.3. The van der Waals surface area contributed by atoms with Gasteiger partial charge in [0.25, 0.3) is 0 Å². The number of hydrogen-bond acceptors (Lipinski definition) is 4. The van der Waals surface area contributed by atoms with Crippen LogP contribution >= 0.6 is 11.6 Å². The summed E-state index contributed by atoms with van der Waals surface area (Å²) >= 11 is 5.59. The first-order valence-corrected chi connectivity index (χ1v) is 6.01. The molecule has 4 nitrogen and oxygen atoms in total. The maximum atomic E-state index is 11.7. The van der Waals surface area contributed by atoms with Gasteiger partial charge in [-0.3, -0.25) is 4.79 Å². The highest BCUT2D eigenvalue weighted by Gasteiger charge is 2.51. The molecular formula is C11H21ClN2O2. The molecule has 0 aromatic carbocycles. The quantitative estimate of drug-likeness (QED) is 0.725. The lowest BCUT2D eigenvalue weighted by molar-refractivity contribution is -0.254. The number of alkyl halides is 1. The van der Waals surface area contributed by atoms with Gasteiger partial charge in [0, 0.05) is 17.5 Å². The molecule has 2 atom stereocenters. The van der Waals surface area contributed by atoms with Gasteiger partial charge >= 0.3 is 0 Å². The fourth-order valence-electron chi connectivity index (χ4n) is 2.58. The van der Waals surface area contributed by atoms with Crippen molar-refractivity contribution in [2.45, 2.75) is 51.2 Å². The molecule has 0 aliphatic carbocycles. The molecule has 0 aromatic rings. The molecule has 0 saturated carbocycles. The summed E-state index contributed by atoms with van der Waals surface area (Å²) in [7, 11) is 0. The highest BCUT2D eigenvalue weighted by atomic mass is 35.5. The minimum Gasteiger partial charge on any atom is -0.325 e. The fourth-order valence-corrected chi connectivity index (χ4v) is 2.78. The van der Waals surface area contributed by atoms with Crippen LogP contribution in [0.2, 0.25) is 0 Å². The molecular weight excluding hydrogens is 228 g/mol. The van der Waals surface area contributed by atoms with Crippen molar-refractivity contribution >= 4 is 17.4 Å². The largest absolute Gasteiger partial charge is 0.325 e. The Morgan fingerprint density at radius 1 is 1.50 bits per heavy atom. The van der Waals surface area contributed by atoms with Crippen molar-refractivity contribution in [2.24, 2.45) is 11.7 Å². The number of halogens is 1. The average molecular weight is 249 g/mol. The third-order valence-electron chi connectivity index (χ3n) is 3.63. The van der Waals surface area contributed by atoms with E-state index in [1.807, 2.05) is 27.7 Å². The second-order valence-corrected chi connectivity index (χ2v) is 5.98. The Bertz CT molecular complexity index is 292. The van der Waals surface area contributed by atoms with E-state index in [1.54, 1.807) is 0 Å². The molecule has 2 unspecified atom stereocenters. The second kappa shape index (κ2) is 4.26. The number of carbonyl (C=O) groups is 1. The molecule has 1 fully saturated rings. The predicted octanol–water partition coefficient (Wildman–Crippen LogP) is 1.39. The lowest BCUT2D eigenvalue weighted by Gasteiger charge is -2.54. The number of ketones is 1. The van der Waals surface area contributed by atoms with Crippen molar-refractivity contribution < 1.29 is 10.0 Å². The van der Waals surface area contributed by atoms with Crippen LogP contribution in [-0.2, 0) is 4.79 Å². The lowest BCUT2D eigenvalue weighted by Crippen LogP contribution is -2.69. The Morgan fingerprint density at radius 2 is 2.00 bits per heavy atom. The van der Waals surface area contributed by atoms with E-state index in [1.165, 1.54) is 5.06 Å². The van der Waals surface area contributed by atoms with Crippen LogP contribution in [0.25, 0.3) is 0 Å². The Labute approximate surface area is 102 Å². The third-order valence-corrected chi connectivity index (χ3v) is 3.90. The normalized spacial score (nSPS) is 33.7. The first-order chi connectivity index (χ1) is 7.14. The second-order valence-electron chi connectivity index (χ2n) is 5.71. The highest BCUT2D eigenvalue weighted by Crippen LogP contribution is 2.39. The minimum atomic E-state index is -0.631. The van der Waals surface area contributed by atoms with Crippen LogP contribution in [0, 0.1) is 5.92 Å². The SMILES string of the molecule is CC1(C)CC(C(=O)CCl)C(N)C(C)(C)N1O. The van der Waals surface area contributed by atoms with Crippen molar-refractivity contribution in [1.82, 2.24) is 5.06 Å². The summed E-state index contributed by atoms with van der Waals surface area (Å²) in [5, 5.41) is 11.4. The first kappa shape index (κ1) is 13.9. The van der Waals surface area contributed by atoms with E-state index >= 15 is 0 Å². The van der Waals surface area contributed by atoms with Gasteiger partial charge in [0.2, 0.25) is 0 Å². The number of Topliss-reactive ketones (excluding diaryl/α,β-unsaturated/α-hetero) is 1. The number of rotatable bonds is 2. The molecule has 1 aliphatic rings. The van der Waals surface area contributed by atoms with Crippen molar-refractivity contribution in [3.05, 3.63) is 0 Å². The first-order valence-electron chi connectivity index (χ1n) is 5.48. The standard InChI is InChI=1S/C11H21ClN2O2/c1-10(2)5-7(8(15)6-12)9(13)11(3,4)14(10)16/h7,9,16H,5-6,13H2,1-4H3. The van der Waals surface area contributed by atoms with Gasteiger partial charge in [0.05, 0.1) is 11.4 Å². The lowest BCUT2D eigenvalue weighted by atomic mass is 9.70. The molecule has 0 radical (unpaired) electrons. The molecule has 94 valence electrons. The average Bonchev–Trinajstić information content (AvgIpc) is 2.21. The van der Waals surface area contributed by atoms with E-state index in [2.05, 4.69) is 0 Å². The van der Waals surface area contributed by atoms with Crippen molar-refractivity contribution in [3.63, 3.8) is 0 Å². The van der Waals surface area contributed by atoms with E-state index in [4.69, 9.17) is 17.3 Å². The fraction of sp³-hybridized carbons (Fsp3) is 0.909. The van der Waals surface area contributed by atoms with Crippen LogP contribution in [-0.4, -0.2) is 39.1 Å². The van der Waals surface area contributed by atoms with Crippen LogP contribution < -0.4 is 5.73 Å². The molecule has 0 aromatic heterocycles. The molecule has 16 heavy (non-hydrogen) atoms. The van der Waals surface area contributed by atoms with E-state index in [-0.39, 0.29) is 17.6 Å². The van der Waals surface area contributed by atoms with Gasteiger partial charge in [-0.05, 0) is 34.1 Å². The van der Waals surface area contributed by atoms with Crippen LogP contribution in [0.5, 0.6) is 0 Å². The molecule has 0 bridgehead atoms. The van der Waals surface area contributed by atoms with Crippen LogP contribution in [0.4, 0.5) is 0 Å². The van der Waals surface area contributed by atoms with Gasteiger partial charge < -0.3 is 10.9 Å². The van der Waals surface area contributed by atoms with E-state index in [9.17, 15) is 10.0 Å². The molecule has 1 rings (SSSR count). The number of hydroxylamine groups is 2. The zero-order valence-corrected chi connectivity index (χ0v) is 11.1. The van der Waals surface area contributed by atoms with Crippen molar-refractivity contribution in [1.29, 1.82) is 0 Å². The number of hydrogen-bond donors (Lipinski definition) is 2. The van der Waals surface area contributed by atoms with E-state index < -0.39 is 17.1 Å². The van der Waals surface area contributed by atoms with Gasteiger partial charge in [0.1, 0.15) is 0 Å². The summed E-state index contributed by atoms with van der Waals surface area (Å²) in [6.07, 6.45) is 0.527. The van der Waals surface area contributed by atoms with Crippen LogP contribution in [0.15, 0.2) is 0 Å². The minimum absolute atomic E-state index is 0.0179. The molecule has 1 saturated heterocycles. The maximum Gasteiger partial charge on any atom is 0.152 e. The monoisotopic (exact) mass is 248 g/mol. The van der Waals surface area contributed by atoms with Crippen LogP contribution in [0.1, 0.15) is 34.1 Å². The molecule has 0 amide bonds. The zero-order chi connectivity index (χ0) is 12.7. The Hall–Kier alpha value is -0.160. The Morgan fingerprint density at radius 3 is 2.44 bits per heavy atom. The highest BCUT2D eigenvalue weighted by molar-refractivity contribution is 6.28. The summed E-state index contributed by atoms with van der Waals surface area (Å²) in [6, 6.07) is -0.406. The molecule has 3 N–H and O–H groups in total. The summed E-state index contributed by atoms with van der Waals surface area (Å²) in [6.45, 7) is 7.48. The van der Waals surface area contributed by atoms with Gasteiger partial charge in [-0.25, -0.2) is 0 Å². The van der Waals surface area contributed by atoms with Gasteiger partial charge in [-0.1, -0.05) is 0 Å². The number of carbonyl (C=O) groups excluding carboxylic acids is 1. The van der Waals surface area contributed by atoms with Gasteiger partial charge in [-0.2, -0.15) is 5.06 Å². The molecule has 1 aliphatic heterocycles. The van der Waals surface area contributed by atoms with Gasteiger partial charge in [0.15, 0.2) is 5.78 Å². The summed E-state index contributed by atoms with van der Waals surface area (Å²) < 4.78 is 0. The summed E-state index contributed by atoms with van der Waals surface area (Å²) in [5.41, 5.74) is 4.97. The van der Waals surface area contributed by atoms with E-state index in [0.717, 1.165) is 0 Å². The van der Waals surface area contributed by atoms with Crippen molar-refractivity contribution in [2.75, 3.05) is 5.88 Å². The maximum absolute atomic E-state index is 11.7. The molecule has 1 heterocycles. The Balaban J connectivity index is 3.05. The third kappa shape index (κ3) is 2.12. The van der Waals surface area contributed by atoms with Crippen molar-refractivity contribution in [3.8, 4) is 0 Å². The number of nitrogens with two attached hydrogens (primary N) is 1. The summed E-state index contributed by atoms with van der Waals surface area (Å²) in [4.78, 5) is 11.7. The summed E-state index contributed by atoms with van der Waals surface area (Å²) in [5.74, 6) is -0.343. The molecule has 5 heteroatoms.